The van der Waals surface area contributed by atoms with Crippen molar-refractivity contribution in [2.45, 2.75) is 17.7 Å². The normalized spacial score (nSPS) is 14.4. The van der Waals surface area contributed by atoms with Gasteiger partial charge in [-0.25, -0.2) is 0 Å². The fourth-order valence-electron chi connectivity index (χ4n) is 2.47. The van der Waals surface area contributed by atoms with Crippen LogP contribution in [0.4, 0.5) is 33.3 Å². The second kappa shape index (κ2) is 6.54. The lowest BCUT2D eigenvalue weighted by atomic mass is 9.79. The smallest absolute Gasteiger partial charge is 0.374 e. The van der Waals surface area contributed by atoms with Crippen LogP contribution in [0.2, 0.25) is 0 Å². The molecule has 2 aromatic carbocycles. The monoisotopic (exact) mass is 392 g/mol. The van der Waals surface area contributed by atoms with Gasteiger partial charge in [0.2, 0.25) is 0 Å². The molecule has 12 heteroatoms. The van der Waals surface area contributed by atoms with Crippen molar-refractivity contribution in [3.63, 3.8) is 0 Å². The van der Waals surface area contributed by atoms with Gasteiger partial charge in [-0.2, -0.15) is 22.0 Å². The van der Waals surface area contributed by atoms with Gasteiger partial charge in [0.25, 0.3) is 11.4 Å². The van der Waals surface area contributed by atoms with E-state index in [1.807, 2.05) is 0 Å². The zero-order valence-electron chi connectivity index (χ0n) is 13.0. The van der Waals surface area contributed by atoms with E-state index in [-0.39, 0.29) is 0 Å². The number of nitro groups is 2. The van der Waals surface area contributed by atoms with Crippen LogP contribution in [0.25, 0.3) is 0 Å². The number of nitro benzene ring substituents is 2. The van der Waals surface area contributed by atoms with Gasteiger partial charge in [-0.15, -0.1) is 0 Å². The molecule has 0 aliphatic carbocycles. The minimum Gasteiger partial charge on any atom is -0.374 e. The summed E-state index contributed by atoms with van der Waals surface area (Å²) in [6.07, 6.45) is -6.28. The molecular weight excluding hydrogens is 383 g/mol. The van der Waals surface area contributed by atoms with Gasteiger partial charge in [-0.05, 0) is 23.8 Å². The SMILES string of the molecule is O=[N+]([O-])c1ccc(C(O)(c2ccccc2[N+](=O)[O-])C(F)(F)C(F)(F)F)cc1. The quantitative estimate of drug-likeness (QED) is 0.471. The van der Waals surface area contributed by atoms with Crippen LogP contribution in [0.1, 0.15) is 11.1 Å². The molecule has 144 valence electrons. The highest BCUT2D eigenvalue weighted by molar-refractivity contribution is 5.52. The summed E-state index contributed by atoms with van der Waals surface area (Å²) in [6, 6.07) is 5.32. The number of alkyl halides is 5. The summed E-state index contributed by atoms with van der Waals surface area (Å²) in [7, 11) is 0. The average Bonchev–Trinajstić information content (AvgIpc) is 2.60. The standard InChI is InChI=1S/C15H9F5N2O5/c16-14(17,15(18,19)20)13(23,9-5-7-10(8-6-9)21(24)25)11-3-1-2-4-12(11)22(26)27/h1-8,23H. The Morgan fingerprint density at radius 1 is 0.815 bits per heavy atom. The summed E-state index contributed by atoms with van der Waals surface area (Å²) >= 11 is 0. The predicted octanol–water partition coefficient (Wildman–Crippen LogP) is 3.94. The maximum atomic E-state index is 14.3. The molecule has 0 heterocycles. The molecule has 2 aromatic rings. The van der Waals surface area contributed by atoms with E-state index >= 15 is 0 Å². The second-order valence-electron chi connectivity index (χ2n) is 5.36. The van der Waals surface area contributed by atoms with Gasteiger partial charge in [0.1, 0.15) is 0 Å². The Bertz CT molecular complexity index is 885. The molecule has 0 aromatic heterocycles. The molecule has 1 unspecified atom stereocenters. The Morgan fingerprint density at radius 2 is 1.33 bits per heavy atom. The Balaban J connectivity index is 2.86. The zero-order valence-corrected chi connectivity index (χ0v) is 13.0. The first-order chi connectivity index (χ1) is 12.3. The van der Waals surface area contributed by atoms with E-state index in [9.17, 15) is 47.3 Å². The molecule has 0 aliphatic rings. The van der Waals surface area contributed by atoms with Crippen molar-refractivity contribution in [2.75, 3.05) is 0 Å². The number of non-ortho nitro benzene ring substituents is 1. The molecule has 0 amide bonds. The molecule has 0 bridgehead atoms. The molecule has 0 fully saturated rings. The zero-order chi connectivity index (χ0) is 20.6. The van der Waals surface area contributed by atoms with Gasteiger partial charge >= 0.3 is 12.1 Å². The van der Waals surface area contributed by atoms with Crippen molar-refractivity contribution >= 4 is 11.4 Å². The summed E-state index contributed by atoms with van der Waals surface area (Å²) in [6.45, 7) is 0. The lowest BCUT2D eigenvalue weighted by Gasteiger charge is -2.37. The van der Waals surface area contributed by atoms with Gasteiger partial charge < -0.3 is 5.11 Å². The fraction of sp³-hybridized carbons (Fsp3) is 0.200. The largest absolute Gasteiger partial charge is 0.457 e. The Labute approximate surface area is 147 Å². The summed E-state index contributed by atoms with van der Waals surface area (Å²) in [5.41, 5.74) is -8.44. The molecule has 27 heavy (non-hydrogen) atoms. The van der Waals surface area contributed by atoms with Crippen LogP contribution in [0.5, 0.6) is 0 Å². The van der Waals surface area contributed by atoms with Crippen LogP contribution in [-0.4, -0.2) is 27.1 Å². The van der Waals surface area contributed by atoms with Crippen molar-refractivity contribution in [1.82, 2.24) is 0 Å². The predicted molar refractivity (Wildman–Crippen MR) is 80.2 cm³/mol. The summed E-state index contributed by atoms with van der Waals surface area (Å²) < 4.78 is 67.8. The maximum absolute atomic E-state index is 14.3. The molecule has 0 radical (unpaired) electrons. The molecule has 1 N–H and O–H groups in total. The maximum Gasteiger partial charge on any atom is 0.457 e. The molecule has 1 atom stereocenters. The van der Waals surface area contributed by atoms with E-state index in [1.165, 1.54) is 0 Å². The number of aliphatic hydroxyl groups is 1. The first kappa shape index (κ1) is 20.2. The number of para-hydroxylation sites is 1. The average molecular weight is 392 g/mol. The number of rotatable bonds is 5. The van der Waals surface area contributed by atoms with Crippen LogP contribution in [0, 0.1) is 20.2 Å². The van der Waals surface area contributed by atoms with E-state index in [2.05, 4.69) is 0 Å². The molecule has 0 spiro atoms. The first-order valence-corrected chi connectivity index (χ1v) is 6.99. The van der Waals surface area contributed by atoms with Crippen molar-refractivity contribution in [1.29, 1.82) is 0 Å². The highest BCUT2D eigenvalue weighted by Gasteiger charge is 2.72. The van der Waals surface area contributed by atoms with Crippen molar-refractivity contribution in [2.24, 2.45) is 0 Å². The van der Waals surface area contributed by atoms with Crippen LogP contribution < -0.4 is 0 Å². The topological polar surface area (TPSA) is 107 Å². The molecule has 0 saturated carbocycles. The molecule has 7 nitrogen and oxygen atoms in total. The number of benzene rings is 2. The van der Waals surface area contributed by atoms with Gasteiger partial charge in [-0.1, -0.05) is 12.1 Å². The third kappa shape index (κ3) is 3.18. The van der Waals surface area contributed by atoms with Crippen LogP contribution in [-0.2, 0) is 5.60 Å². The van der Waals surface area contributed by atoms with Gasteiger partial charge in [0.05, 0.1) is 15.4 Å². The lowest BCUT2D eigenvalue weighted by Crippen LogP contribution is -2.55. The molecule has 0 saturated heterocycles. The van der Waals surface area contributed by atoms with Crippen molar-refractivity contribution in [3.8, 4) is 0 Å². The Morgan fingerprint density at radius 3 is 1.78 bits per heavy atom. The number of hydrogen-bond acceptors (Lipinski definition) is 5. The fourth-order valence-corrected chi connectivity index (χ4v) is 2.47. The number of nitrogens with zero attached hydrogens (tertiary/aromatic N) is 2. The first-order valence-electron chi connectivity index (χ1n) is 6.99. The number of halogens is 5. The van der Waals surface area contributed by atoms with E-state index in [0.29, 0.717) is 36.4 Å². The van der Waals surface area contributed by atoms with E-state index in [1.54, 1.807) is 0 Å². The highest BCUT2D eigenvalue weighted by atomic mass is 19.4. The highest BCUT2D eigenvalue weighted by Crippen LogP contribution is 2.53. The Hall–Kier alpha value is -3.15. The van der Waals surface area contributed by atoms with E-state index < -0.39 is 50.0 Å². The molecule has 0 aliphatic heterocycles. The molecule has 2 rings (SSSR count). The summed E-state index contributed by atoms with van der Waals surface area (Å²) in [5, 5.41) is 32.3. The third-order valence-electron chi connectivity index (χ3n) is 3.80. The van der Waals surface area contributed by atoms with Crippen LogP contribution in [0.3, 0.4) is 0 Å². The Kier molecular flexibility index (Phi) is 4.88. The van der Waals surface area contributed by atoms with Gasteiger partial charge in [0.15, 0.2) is 5.60 Å². The summed E-state index contributed by atoms with van der Waals surface area (Å²) in [4.78, 5) is 19.6. The van der Waals surface area contributed by atoms with E-state index in [0.717, 1.165) is 12.1 Å². The lowest BCUT2D eigenvalue weighted by molar-refractivity contribution is -0.389. The van der Waals surface area contributed by atoms with Gasteiger partial charge in [0, 0.05) is 18.2 Å². The van der Waals surface area contributed by atoms with Gasteiger partial charge in [-0.3, -0.25) is 20.2 Å². The van der Waals surface area contributed by atoms with Crippen molar-refractivity contribution < 1.29 is 36.9 Å². The third-order valence-corrected chi connectivity index (χ3v) is 3.80. The summed E-state index contributed by atoms with van der Waals surface area (Å²) in [5.74, 6) is -5.86. The molecular formula is C15H9F5N2O5. The minimum absolute atomic E-state index is 0.481. The van der Waals surface area contributed by atoms with Crippen LogP contribution in [0.15, 0.2) is 48.5 Å². The van der Waals surface area contributed by atoms with Crippen LogP contribution >= 0.6 is 0 Å². The second-order valence-corrected chi connectivity index (χ2v) is 5.36. The van der Waals surface area contributed by atoms with Crippen molar-refractivity contribution in [3.05, 3.63) is 79.9 Å². The number of hydrogen-bond donors (Lipinski definition) is 1. The minimum atomic E-state index is -6.28. The van der Waals surface area contributed by atoms with E-state index in [4.69, 9.17) is 0 Å².